The highest BCUT2D eigenvalue weighted by Crippen LogP contribution is 2.11. The molecule has 2 rings (SSSR count). The van der Waals surface area contributed by atoms with Gasteiger partial charge in [0, 0.05) is 24.5 Å². The van der Waals surface area contributed by atoms with Gasteiger partial charge in [0.1, 0.15) is 0 Å². The summed E-state index contributed by atoms with van der Waals surface area (Å²) in [5.74, 6) is 0. The molecule has 2 aromatic rings. The van der Waals surface area contributed by atoms with E-state index in [0.717, 1.165) is 12.2 Å². The third kappa shape index (κ3) is 2.67. The Morgan fingerprint density at radius 1 is 1.33 bits per heavy atom. The van der Waals surface area contributed by atoms with Gasteiger partial charge >= 0.3 is 0 Å². The summed E-state index contributed by atoms with van der Waals surface area (Å²) in [6.45, 7) is 2.97. The zero-order chi connectivity index (χ0) is 10.5. The molecule has 3 heteroatoms. The van der Waals surface area contributed by atoms with Crippen molar-refractivity contribution in [3.63, 3.8) is 0 Å². The van der Waals surface area contributed by atoms with Crippen molar-refractivity contribution in [3.8, 4) is 0 Å². The van der Waals surface area contributed by atoms with E-state index in [1.807, 2.05) is 12.3 Å². The van der Waals surface area contributed by atoms with E-state index < -0.39 is 0 Å². The molecule has 1 aromatic carbocycles. The minimum absolute atomic E-state index is 0.356. The second-order valence-electron chi connectivity index (χ2n) is 3.59. The monoisotopic (exact) mass is 201 g/mol. The number of rotatable bonds is 4. The van der Waals surface area contributed by atoms with Crippen molar-refractivity contribution >= 4 is 0 Å². The van der Waals surface area contributed by atoms with Gasteiger partial charge in [0.05, 0.1) is 6.33 Å². The second-order valence-corrected chi connectivity index (χ2v) is 3.59. The van der Waals surface area contributed by atoms with Crippen LogP contribution in [0.4, 0.5) is 0 Å². The van der Waals surface area contributed by atoms with Crippen molar-refractivity contribution in [2.75, 3.05) is 0 Å². The van der Waals surface area contributed by atoms with Crippen molar-refractivity contribution in [1.29, 1.82) is 0 Å². The van der Waals surface area contributed by atoms with Crippen LogP contribution in [-0.2, 0) is 6.54 Å². The number of imidazole rings is 1. The zero-order valence-electron chi connectivity index (χ0n) is 8.77. The maximum Gasteiger partial charge on any atom is 0.0922 e. The summed E-state index contributed by atoms with van der Waals surface area (Å²) in [7, 11) is 0. The van der Waals surface area contributed by atoms with Gasteiger partial charge < -0.3 is 10.3 Å². The van der Waals surface area contributed by atoms with E-state index in [9.17, 15) is 0 Å². The van der Waals surface area contributed by atoms with Gasteiger partial charge in [0.25, 0.3) is 0 Å². The largest absolute Gasteiger partial charge is 0.347 e. The SMILES string of the molecule is C[C@H](NCc1cnc[nH]1)c1ccccc1. The minimum Gasteiger partial charge on any atom is -0.347 e. The number of hydrogen-bond acceptors (Lipinski definition) is 2. The molecule has 0 aliphatic rings. The van der Waals surface area contributed by atoms with Gasteiger partial charge in [-0.05, 0) is 12.5 Å². The van der Waals surface area contributed by atoms with E-state index in [-0.39, 0.29) is 0 Å². The first-order valence-corrected chi connectivity index (χ1v) is 5.12. The maximum absolute atomic E-state index is 3.98. The molecule has 0 aliphatic heterocycles. The number of aromatic nitrogens is 2. The number of H-pyrrole nitrogens is 1. The fourth-order valence-corrected chi connectivity index (χ4v) is 1.50. The van der Waals surface area contributed by atoms with Gasteiger partial charge in [-0.2, -0.15) is 0 Å². The number of benzene rings is 1. The fourth-order valence-electron chi connectivity index (χ4n) is 1.50. The summed E-state index contributed by atoms with van der Waals surface area (Å²) in [5.41, 5.74) is 2.41. The van der Waals surface area contributed by atoms with Gasteiger partial charge in [-0.1, -0.05) is 30.3 Å². The van der Waals surface area contributed by atoms with Crippen LogP contribution >= 0.6 is 0 Å². The van der Waals surface area contributed by atoms with Gasteiger partial charge in [0.15, 0.2) is 0 Å². The van der Waals surface area contributed by atoms with Crippen molar-refractivity contribution in [2.24, 2.45) is 0 Å². The predicted molar refractivity (Wildman–Crippen MR) is 60.3 cm³/mol. The highest BCUT2D eigenvalue weighted by atomic mass is 14.9. The van der Waals surface area contributed by atoms with Crippen LogP contribution in [0.25, 0.3) is 0 Å². The summed E-state index contributed by atoms with van der Waals surface area (Å²) in [6.07, 6.45) is 3.54. The number of nitrogens with one attached hydrogen (secondary N) is 2. The molecule has 0 unspecified atom stereocenters. The van der Waals surface area contributed by atoms with Crippen LogP contribution in [0.5, 0.6) is 0 Å². The van der Waals surface area contributed by atoms with Crippen LogP contribution in [0.1, 0.15) is 24.2 Å². The summed E-state index contributed by atoms with van der Waals surface area (Å²) in [5, 5.41) is 3.43. The van der Waals surface area contributed by atoms with Crippen LogP contribution in [-0.4, -0.2) is 9.97 Å². The Morgan fingerprint density at radius 2 is 2.13 bits per heavy atom. The first-order chi connectivity index (χ1) is 7.36. The maximum atomic E-state index is 3.98. The van der Waals surface area contributed by atoms with Crippen molar-refractivity contribution in [3.05, 3.63) is 54.1 Å². The Kier molecular flexibility index (Phi) is 3.15. The zero-order valence-corrected chi connectivity index (χ0v) is 8.77. The molecule has 15 heavy (non-hydrogen) atoms. The molecular formula is C12H15N3. The Morgan fingerprint density at radius 3 is 2.80 bits per heavy atom. The topological polar surface area (TPSA) is 40.7 Å². The van der Waals surface area contributed by atoms with Crippen LogP contribution in [0.15, 0.2) is 42.9 Å². The summed E-state index contributed by atoms with van der Waals surface area (Å²) >= 11 is 0. The van der Waals surface area contributed by atoms with Crippen LogP contribution < -0.4 is 5.32 Å². The summed E-state index contributed by atoms with van der Waals surface area (Å²) in [4.78, 5) is 7.05. The molecule has 1 aromatic heterocycles. The first-order valence-electron chi connectivity index (χ1n) is 5.12. The third-order valence-electron chi connectivity index (χ3n) is 2.45. The fraction of sp³-hybridized carbons (Fsp3) is 0.250. The highest BCUT2D eigenvalue weighted by Gasteiger charge is 2.03. The van der Waals surface area contributed by atoms with E-state index in [2.05, 4.69) is 46.5 Å². The molecule has 0 radical (unpaired) electrons. The normalized spacial score (nSPS) is 12.6. The first kappa shape index (κ1) is 9.93. The molecule has 2 N–H and O–H groups in total. The molecule has 0 fully saturated rings. The molecule has 0 bridgehead atoms. The van der Waals surface area contributed by atoms with Crippen LogP contribution in [0.3, 0.4) is 0 Å². The molecule has 0 spiro atoms. The second kappa shape index (κ2) is 4.75. The summed E-state index contributed by atoms with van der Waals surface area (Å²) in [6, 6.07) is 10.8. The van der Waals surface area contributed by atoms with E-state index >= 15 is 0 Å². The highest BCUT2D eigenvalue weighted by molar-refractivity contribution is 5.18. The Hall–Kier alpha value is -1.61. The van der Waals surface area contributed by atoms with E-state index in [0.29, 0.717) is 6.04 Å². The van der Waals surface area contributed by atoms with E-state index in [1.54, 1.807) is 6.33 Å². The van der Waals surface area contributed by atoms with Crippen molar-refractivity contribution in [2.45, 2.75) is 19.5 Å². The standard InChI is InChI=1S/C12H15N3/c1-10(11-5-3-2-4-6-11)14-8-12-7-13-9-15-12/h2-7,9-10,14H,8H2,1H3,(H,13,15)/t10-/m0/s1. The molecule has 0 saturated carbocycles. The Labute approximate surface area is 89.6 Å². The number of nitrogens with zero attached hydrogens (tertiary/aromatic N) is 1. The third-order valence-corrected chi connectivity index (χ3v) is 2.45. The lowest BCUT2D eigenvalue weighted by Crippen LogP contribution is -2.18. The quantitative estimate of drug-likeness (QED) is 0.796. The van der Waals surface area contributed by atoms with E-state index in [4.69, 9.17) is 0 Å². The van der Waals surface area contributed by atoms with Crippen LogP contribution in [0, 0.1) is 0 Å². The summed E-state index contributed by atoms with van der Waals surface area (Å²) < 4.78 is 0. The van der Waals surface area contributed by atoms with Gasteiger partial charge in [-0.25, -0.2) is 4.98 Å². The van der Waals surface area contributed by atoms with Gasteiger partial charge in [-0.3, -0.25) is 0 Å². The van der Waals surface area contributed by atoms with Crippen molar-refractivity contribution in [1.82, 2.24) is 15.3 Å². The predicted octanol–water partition coefficient (Wildman–Crippen LogP) is 2.26. The lowest BCUT2D eigenvalue weighted by Gasteiger charge is -2.13. The Bertz CT molecular complexity index is 381. The molecular weight excluding hydrogens is 186 g/mol. The van der Waals surface area contributed by atoms with E-state index in [1.165, 1.54) is 5.56 Å². The minimum atomic E-state index is 0.356. The number of aromatic amines is 1. The average molecular weight is 201 g/mol. The Balaban J connectivity index is 1.90. The van der Waals surface area contributed by atoms with Crippen LogP contribution in [0.2, 0.25) is 0 Å². The molecule has 3 nitrogen and oxygen atoms in total. The smallest absolute Gasteiger partial charge is 0.0922 e. The van der Waals surface area contributed by atoms with Gasteiger partial charge in [0.2, 0.25) is 0 Å². The molecule has 78 valence electrons. The number of hydrogen-bond donors (Lipinski definition) is 2. The molecule has 0 saturated heterocycles. The average Bonchev–Trinajstić information content (AvgIpc) is 2.80. The molecule has 0 aliphatic carbocycles. The van der Waals surface area contributed by atoms with Crippen molar-refractivity contribution < 1.29 is 0 Å². The molecule has 1 atom stereocenters. The molecule has 0 amide bonds. The lowest BCUT2D eigenvalue weighted by atomic mass is 10.1. The lowest BCUT2D eigenvalue weighted by molar-refractivity contribution is 0.569. The molecule has 1 heterocycles. The van der Waals surface area contributed by atoms with Gasteiger partial charge in [-0.15, -0.1) is 0 Å².